The average Bonchev–Trinajstić information content (AvgIpc) is 2.74. The molecule has 14 aromatic carbocycles. The van der Waals surface area contributed by atoms with E-state index in [-0.39, 0.29) is 0 Å². The summed E-state index contributed by atoms with van der Waals surface area (Å²) in [5, 5.41) is 25.5. The Balaban J connectivity index is 0.963. The minimum atomic E-state index is 0.579. The molecule has 0 unspecified atom stereocenters. The molecule has 0 fully saturated rings. The monoisotopic (exact) mass is 1050 g/mol. The molecule has 0 saturated heterocycles. The molecule has 0 saturated carbocycles. The lowest BCUT2D eigenvalue weighted by atomic mass is 9.91. The van der Waals surface area contributed by atoms with Gasteiger partial charge in [0.2, 0.25) is 0 Å². The van der Waals surface area contributed by atoms with Crippen LogP contribution in [0.5, 0.6) is 0 Å². The van der Waals surface area contributed by atoms with Crippen LogP contribution in [0, 0.1) is 31.8 Å². The van der Waals surface area contributed by atoms with Crippen molar-refractivity contribution in [2.75, 3.05) is 9.80 Å². The molecule has 0 aliphatic rings. The summed E-state index contributed by atoms with van der Waals surface area (Å²) in [5.41, 5.74) is 16.1. The fourth-order valence-electron chi connectivity index (χ4n) is 13.2. The number of anilines is 6. The van der Waals surface area contributed by atoms with Gasteiger partial charge in [0.15, 0.2) is 16.9 Å². The first kappa shape index (κ1) is 46.9. The number of fused-ring (bicyclic) bond motifs is 10. The molecule has 0 aliphatic carbocycles. The van der Waals surface area contributed by atoms with Gasteiger partial charge >= 0.3 is 0 Å². The van der Waals surface area contributed by atoms with Crippen molar-refractivity contribution < 1.29 is 8.83 Å². The summed E-state index contributed by atoms with van der Waals surface area (Å²) < 4.78 is 14.7. The fraction of sp³-hybridized carbons (Fsp3) is 0.0263. The largest absolute Gasteiger partial charge is 0.453 e. The Hall–Kier alpha value is -11.2. The third-order valence-electron chi connectivity index (χ3n) is 16.8. The van der Waals surface area contributed by atoms with Crippen molar-refractivity contribution in [1.29, 1.82) is 5.26 Å². The second-order valence-electron chi connectivity index (χ2n) is 21.4. The van der Waals surface area contributed by atoms with Gasteiger partial charge in [-0.3, -0.25) is 0 Å². The number of nitrogens with zero attached hydrogens (tertiary/aromatic N) is 4. The number of para-hydroxylation sites is 2. The maximum atomic E-state index is 10.2. The number of rotatable bonds is 8. The molecule has 2 aromatic heterocycles. The van der Waals surface area contributed by atoms with Gasteiger partial charge in [0, 0.05) is 54.8 Å². The van der Waals surface area contributed by atoms with E-state index in [4.69, 9.17) is 15.4 Å². The Morgan fingerprint density at radius 3 is 1.27 bits per heavy atom. The molecule has 0 atom stereocenters. The molecular weight excluding hydrogens is 1000 g/mol. The van der Waals surface area contributed by atoms with Crippen molar-refractivity contribution in [3.05, 3.63) is 271 Å². The molecule has 2 heterocycles. The van der Waals surface area contributed by atoms with Crippen LogP contribution in [0.3, 0.4) is 0 Å². The zero-order valence-corrected chi connectivity index (χ0v) is 44.7. The smallest absolute Gasteiger partial charge is 0.187 e. The quantitative estimate of drug-likeness (QED) is 0.112. The summed E-state index contributed by atoms with van der Waals surface area (Å²) in [7, 11) is 0. The van der Waals surface area contributed by atoms with Gasteiger partial charge in [0.05, 0.1) is 41.0 Å². The average molecular weight is 1050 g/mol. The second kappa shape index (κ2) is 18.2. The van der Waals surface area contributed by atoms with Gasteiger partial charge in [-0.25, -0.2) is 4.85 Å². The van der Waals surface area contributed by atoms with Crippen molar-refractivity contribution in [2.24, 2.45) is 0 Å². The molecule has 0 radical (unpaired) electrons. The Labute approximate surface area is 471 Å². The third kappa shape index (κ3) is 6.99. The van der Waals surface area contributed by atoms with Crippen molar-refractivity contribution in [2.45, 2.75) is 13.8 Å². The highest BCUT2D eigenvalue weighted by molar-refractivity contribution is 6.30. The summed E-state index contributed by atoms with van der Waals surface area (Å²) in [4.78, 5) is 8.53. The van der Waals surface area contributed by atoms with Gasteiger partial charge in [-0.2, -0.15) is 5.26 Å². The number of furan rings is 2. The van der Waals surface area contributed by atoms with E-state index in [1.807, 2.05) is 36.4 Å². The van der Waals surface area contributed by atoms with Crippen molar-refractivity contribution in [3.63, 3.8) is 0 Å². The molecule has 0 spiro atoms. The minimum Gasteiger partial charge on any atom is -0.453 e. The van der Waals surface area contributed by atoms with Crippen LogP contribution in [-0.4, -0.2) is 0 Å². The topological polar surface area (TPSA) is 60.9 Å². The van der Waals surface area contributed by atoms with Crippen LogP contribution in [-0.2, 0) is 0 Å². The number of hydrogen-bond donors (Lipinski definition) is 0. The molecule has 82 heavy (non-hydrogen) atoms. The maximum Gasteiger partial charge on any atom is 0.187 e. The molecule has 6 heteroatoms. The molecule has 0 N–H and O–H groups in total. The number of benzene rings is 14. The number of hydrogen-bond acceptors (Lipinski definition) is 5. The summed E-state index contributed by atoms with van der Waals surface area (Å²) in [6, 6.07) is 87.9. The maximum absolute atomic E-state index is 10.2. The van der Waals surface area contributed by atoms with Gasteiger partial charge in [-0.05, 0) is 140 Å². The molecule has 16 rings (SSSR count). The van der Waals surface area contributed by atoms with Crippen LogP contribution in [0.2, 0.25) is 0 Å². The van der Waals surface area contributed by atoms with Crippen molar-refractivity contribution in [1.82, 2.24) is 0 Å². The van der Waals surface area contributed by atoms with Crippen LogP contribution in [0.15, 0.2) is 251 Å². The van der Waals surface area contributed by atoms with Gasteiger partial charge in [0.25, 0.3) is 0 Å². The van der Waals surface area contributed by atoms with E-state index in [0.29, 0.717) is 11.3 Å². The highest BCUT2D eigenvalue weighted by Gasteiger charge is 2.29. The van der Waals surface area contributed by atoms with Crippen molar-refractivity contribution in [3.8, 4) is 28.3 Å². The first-order valence-electron chi connectivity index (χ1n) is 27.6. The Morgan fingerprint density at radius 2 is 0.793 bits per heavy atom. The van der Waals surface area contributed by atoms with Gasteiger partial charge < -0.3 is 18.6 Å². The molecule has 382 valence electrons. The summed E-state index contributed by atoms with van der Waals surface area (Å²) in [6.07, 6.45) is 0. The van der Waals surface area contributed by atoms with E-state index in [9.17, 15) is 5.26 Å². The standard InChI is InChI=1S/C76H46N4O2/c1-45-40-47(44-77)28-36-63(45)79(67-26-14-24-59-71-55-22-12-10-20-52(55)42-61(75(71)81-73(59)67)48-16-6-4-7-17-48)65-37-31-50-30-35-58-66(38-32-51-29-34-57(65)69(50)70(51)58)80(64-39-33-54(78-3)41-46(64)2)68-27-15-25-60-72-56-23-13-11-21-53(56)43-62(76(72)82-74(60)68)49-18-8-5-9-19-49/h4-43H,1-2H3. The predicted octanol–water partition coefficient (Wildman–Crippen LogP) is 22.0. The second-order valence-corrected chi connectivity index (χ2v) is 21.4. The zero-order valence-electron chi connectivity index (χ0n) is 44.7. The lowest BCUT2D eigenvalue weighted by molar-refractivity contribution is 0.670. The summed E-state index contributed by atoms with van der Waals surface area (Å²) in [5.74, 6) is 0. The fourth-order valence-corrected chi connectivity index (χ4v) is 13.2. The van der Waals surface area contributed by atoms with Crippen LogP contribution >= 0.6 is 0 Å². The highest BCUT2D eigenvalue weighted by Crippen LogP contribution is 2.53. The predicted molar refractivity (Wildman–Crippen MR) is 340 cm³/mol. The highest BCUT2D eigenvalue weighted by atomic mass is 16.3. The minimum absolute atomic E-state index is 0.579. The van der Waals surface area contributed by atoms with E-state index >= 15 is 0 Å². The number of aryl methyl sites for hydroxylation is 2. The van der Waals surface area contributed by atoms with E-state index in [0.717, 1.165) is 165 Å². The third-order valence-corrected chi connectivity index (χ3v) is 16.8. The first-order chi connectivity index (χ1) is 40.4. The zero-order chi connectivity index (χ0) is 54.7. The summed E-state index contributed by atoms with van der Waals surface area (Å²) >= 11 is 0. The van der Waals surface area contributed by atoms with Gasteiger partial charge in [-0.15, -0.1) is 0 Å². The SMILES string of the molecule is [C-]#[N+]c1ccc(N(c2ccc3ccc4c(N(c5ccc(C#N)cc5C)c5cccc6c5oc5c(-c7ccccc7)cc7ccccc7c56)ccc5ccc2c3c54)c2cccc3c2oc2c(-c4ccccc4)cc4ccccc4c23)c(C)c1. The lowest BCUT2D eigenvalue weighted by Gasteiger charge is -2.30. The number of nitriles is 1. The molecule has 16 aromatic rings. The van der Waals surface area contributed by atoms with E-state index in [2.05, 4.69) is 241 Å². The first-order valence-corrected chi connectivity index (χ1v) is 27.6. The molecular formula is C76H46N4O2. The van der Waals surface area contributed by atoms with E-state index < -0.39 is 0 Å². The normalized spacial score (nSPS) is 11.8. The summed E-state index contributed by atoms with van der Waals surface area (Å²) in [6.45, 7) is 12.2. The molecule has 0 bridgehead atoms. The Kier molecular flexibility index (Phi) is 10.4. The Morgan fingerprint density at radius 1 is 0.354 bits per heavy atom. The lowest BCUT2D eigenvalue weighted by Crippen LogP contribution is -2.13. The molecule has 6 nitrogen and oxygen atoms in total. The van der Waals surface area contributed by atoms with Crippen molar-refractivity contribution >= 4 is 138 Å². The van der Waals surface area contributed by atoms with Gasteiger partial charge in [0.1, 0.15) is 11.2 Å². The van der Waals surface area contributed by atoms with E-state index in [1.54, 1.807) is 0 Å². The van der Waals surface area contributed by atoms with Gasteiger partial charge in [-0.1, -0.05) is 182 Å². The van der Waals surface area contributed by atoms with Crippen LogP contribution in [0.4, 0.5) is 39.8 Å². The van der Waals surface area contributed by atoms with E-state index in [1.165, 1.54) is 0 Å². The van der Waals surface area contributed by atoms with Crippen LogP contribution in [0.1, 0.15) is 16.7 Å². The molecule has 0 amide bonds. The Bertz CT molecular complexity index is 5070. The van der Waals surface area contributed by atoms with Crippen LogP contribution < -0.4 is 9.80 Å². The van der Waals surface area contributed by atoms with Crippen LogP contribution in [0.25, 0.3) is 125 Å². The molecule has 0 aliphatic heterocycles.